The molecule has 1 unspecified atom stereocenters. The molecule has 1 aliphatic rings. The molecule has 0 saturated carbocycles. The Morgan fingerprint density at radius 2 is 2.00 bits per heavy atom. The molecule has 0 aliphatic carbocycles. The summed E-state index contributed by atoms with van der Waals surface area (Å²) in [6.45, 7) is 3.82. The van der Waals surface area contributed by atoms with Gasteiger partial charge in [-0.2, -0.15) is 0 Å². The lowest BCUT2D eigenvalue weighted by Crippen LogP contribution is -2.33. The van der Waals surface area contributed by atoms with Gasteiger partial charge < -0.3 is 9.84 Å². The Balaban J connectivity index is 1.81. The number of aromatic amines is 1. The number of rotatable bonds is 11. The molecule has 1 aromatic heterocycles. The molecule has 0 spiro atoms. The molecule has 148 valence electrons. The van der Waals surface area contributed by atoms with Crippen molar-refractivity contribution < 1.29 is 9.84 Å². The standard InChI is InChI=1S/C18H30N2O4S2/c1-3-4-5-6-7-8-9-25-26-15-10-16(24-14(15)12-21)20-11-13(2)17(22)19-18(20)23/h11,14-16,21H,3-10,12H2,1-2H3,(H,19,22,23)/t14-,15?,16-/m1/s1. The first-order valence-corrected chi connectivity index (χ1v) is 11.8. The van der Waals surface area contributed by atoms with Gasteiger partial charge in [0, 0.05) is 29.2 Å². The van der Waals surface area contributed by atoms with Gasteiger partial charge in [-0.25, -0.2) is 4.79 Å². The summed E-state index contributed by atoms with van der Waals surface area (Å²) in [5, 5.41) is 9.73. The summed E-state index contributed by atoms with van der Waals surface area (Å²) in [6.07, 6.45) is 9.16. The zero-order chi connectivity index (χ0) is 18.9. The van der Waals surface area contributed by atoms with Crippen molar-refractivity contribution in [2.75, 3.05) is 12.4 Å². The monoisotopic (exact) mass is 402 g/mol. The molecule has 0 aromatic carbocycles. The molecule has 0 bridgehead atoms. The van der Waals surface area contributed by atoms with Gasteiger partial charge in [0.15, 0.2) is 0 Å². The van der Waals surface area contributed by atoms with Crippen LogP contribution in [0.25, 0.3) is 0 Å². The smallest absolute Gasteiger partial charge is 0.330 e. The largest absolute Gasteiger partial charge is 0.394 e. The van der Waals surface area contributed by atoms with E-state index in [1.165, 1.54) is 49.3 Å². The van der Waals surface area contributed by atoms with Crippen LogP contribution in [0.5, 0.6) is 0 Å². The molecule has 1 saturated heterocycles. The van der Waals surface area contributed by atoms with Crippen LogP contribution in [0.1, 0.15) is 63.7 Å². The summed E-state index contributed by atoms with van der Waals surface area (Å²) >= 11 is 0. The number of ether oxygens (including phenoxy) is 1. The van der Waals surface area contributed by atoms with Crippen LogP contribution < -0.4 is 11.2 Å². The van der Waals surface area contributed by atoms with Gasteiger partial charge in [-0.1, -0.05) is 60.6 Å². The molecule has 1 aromatic rings. The SMILES string of the molecule is CCCCCCCCSSC1C[C@H](n2cc(C)c(=O)[nH]c2=O)O[C@@H]1CO. The molecule has 0 radical (unpaired) electrons. The van der Waals surface area contributed by atoms with Crippen molar-refractivity contribution in [3.63, 3.8) is 0 Å². The molecule has 6 nitrogen and oxygen atoms in total. The van der Waals surface area contributed by atoms with Crippen LogP contribution in [0.3, 0.4) is 0 Å². The third kappa shape index (κ3) is 6.18. The van der Waals surface area contributed by atoms with Crippen LogP contribution in [0.2, 0.25) is 0 Å². The fourth-order valence-corrected chi connectivity index (χ4v) is 5.90. The lowest BCUT2D eigenvalue weighted by molar-refractivity contribution is -0.0238. The summed E-state index contributed by atoms with van der Waals surface area (Å²) in [5.74, 6) is 1.09. The number of H-pyrrole nitrogens is 1. The average molecular weight is 403 g/mol. The topological polar surface area (TPSA) is 84.3 Å². The van der Waals surface area contributed by atoms with Gasteiger partial charge in [0.1, 0.15) is 6.23 Å². The minimum atomic E-state index is -0.465. The second-order valence-electron chi connectivity index (χ2n) is 6.75. The number of aryl methyl sites for hydroxylation is 1. The summed E-state index contributed by atoms with van der Waals surface area (Å²) in [7, 11) is 3.56. The summed E-state index contributed by atoms with van der Waals surface area (Å²) < 4.78 is 7.29. The highest BCUT2D eigenvalue weighted by Crippen LogP contribution is 2.41. The maximum absolute atomic E-state index is 12.0. The zero-order valence-electron chi connectivity index (χ0n) is 15.6. The number of nitrogens with one attached hydrogen (secondary N) is 1. The normalized spacial score (nSPS) is 22.8. The minimum absolute atomic E-state index is 0.0666. The lowest BCUT2D eigenvalue weighted by atomic mass is 10.1. The van der Waals surface area contributed by atoms with Crippen LogP contribution in [0.4, 0.5) is 0 Å². The number of nitrogens with zero attached hydrogens (tertiary/aromatic N) is 1. The molecule has 2 rings (SSSR count). The molecular weight excluding hydrogens is 372 g/mol. The third-order valence-electron chi connectivity index (χ3n) is 4.59. The van der Waals surface area contributed by atoms with Crippen molar-refractivity contribution in [1.82, 2.24) is 9.55 Å². The highest BCUT2D eigenvalue weighted by atomic mass is 33.1. The Hall–Kier alpha value is -0.700. The Morgan fingerprint density at radius 1 is 1.27 bits per heavy atom. The van der Waals surface area contributed by atoms with Crippen LogP contribution in [0.15, 0.2) is 15.8 Å². The van der Waals surface area contributed by atoms with Crippen LogP contribution >= 0.6 is 21.6 Å². The second-order valence-corrected chi connectivity index (χ2v) is 9.48. The van der Waals surface area contributed by atoms with E-state index >= 15 is 0 Å². The van der Waals surface area contributed by atoms with E-state index in [1.807, 2.05) is 10.8 Å². The van der Waals surface area contributed by atoms with Gasteiger partial charge in [0.25, 0.3) is 5.56 Å². The van der Waals surface area contributed by atoms with Gasteiger partial charge in [-0.3, -0.25) is 14.3 Å². The van der Waals surface area contributed by atoms with E-state index in [0.29, 0.717) is 12.0 Å². The maximum Gasteiger partial charge on any atom is 0.330 e. The summed E-state index contributed by atoms with van der Waals surface area (Å²) in [4.78, 5) is 25.9. The van der Waals surface area contributed by atoms with E-state index in [9.17, 15) is 14.7 Å². The predicted octanol–water partition coefficient (Wildman–Crippen LogP) is 3.24. The second kappa shape index (κ2) is 11.2. The van der Waals surface area contributed by atoms with E-state index in [0.717, 1.165) is 5.75 Å². The van der Waals surface area contributed by atoms with E-state index in [4.69, 9.17) is 4.74 Å². The number of aromatic nitrogens is 2. The van der Waals surface area contributed by atoms with Gasteiger partial charge in [-0.05, 0) is 13.3 Å². The summed E-state index contributed by atoms with van der Waals surface area (Å²) in [6, 6.07) is 0. The Labute approximate surface area is 162 Å². The van der Waals surface area contributed by atoms with Crippen LogP contribution in [0, 0.1) is 6.92 Å². The van der Waals surface area contributed by atoms with Crippen molar-refractivity contribution in [2.24, 2.45) is 0 Å². The fourth-order valence-electron chi connectivity index (χ4n) is 3.01. The first kappa shape index (κ1) is 21.6. The lowest BCUT2D eigenvalue weighted by Gasteiger charge is -2.15. The molecule has 26 heavy (non-hydrogen) atoms. The molecule has 1 aliphatic heterocycles. The van der Waals surface area contributed by atoms with Gasteiger partial charge >= 0.3 is 5.69 Å². The van der Waals surface area contributed by atoms with Crippen LogP contribution in [-0.4, -0.2) is 38.4 Å². The Bertz CT molecular complexity index is 661. The molecule has 2 N–H and O–H groups in total. The zero-order valence-corrected chi connectivity index (χ0v) is 17.2. The van der Waals surface area contributed by atoms with Crippen molar-refractivity contribution in [3.05, 3.63) is 32.6 Å². The fraction of sp³-hybridized carbons (Fsp3) is 0.778. The van der Waals surface area contributed by atoms with Gasteiger partial charge in [0.05, 0.1) is 12.7 Å². The first-order chi connectivity index (χ1) is 12.6. The summed E-state index contributed by atoms with van der Waals surface area (Å²) in [5.41, 5.74) is -0.363. The minimum Gasteiger partial charge on any atom is -0.394 e. The number of unbranched alkanes of at least 4 members (excludes halogenated alkanes) is 5. The Morgan fingerprint density at radius 3 is 2.73 bits per heavy atom. The molecule has 3 atom stereocenters. The van der Waals surface area contributed by atoms with Crippen molar-refractivity contribution in [3.8, 4) is 0 Å². The van der Waals surface area contributed by atoms with Crippen molar-refractivity contribution >= 4 is 21.6 Å². The van der Waals surface area contributed by atoms with Crippen molar-refractivity contribution in [1.29, 1.82) is 0 Å². The highest BCUT2D eigenvalue weighted by molar-refractivity contribution is 8.76. The number of aliphatic hydroxyl groups excluding tert-OH is 1. The maximum atomic E-state index is 12.0. The van der Waals surface area contributed by atoms with Crippen LogP contribution in [-0.2, 0) is 4.74 Å². The molecule has 0 amide bonds. The molecule has 8 heteroatoms. The number of hydrogen-bond acceptors (Lipinski definition) is 6. The van der Waals surface area contributed by atoms with E-state index in [1.54, 1.807) is 17.7 Å². The Kier molecular flexibility index (Phi) is 9.31. The highest BCUT2D eigenvalue weighted by Gasteiger charge is 2.36. The van der Waals surface area contributed by atoms with E-state index in [2.05, 4.69) is 11.9 Å². The first-order valence-electron chi connectivity index (χ1n) is 9.43. The van der Waals surface area contributed by atoms with E-state index < -0.39 is 11.9 Å². The van der Waals surface area contributed by atoms with E-state index in [-0.39, 0.29) is 23.5 Å². The third-order valence-corrected chi connectivity index (χ3v) is 7.57. The quantitative estimate of drug-likeness (QED) is 0.437. The number of hydrogen-bond donors (Lipinski definition) is 2. The predicted molar refractivity (Wildman–Crippen MR) is 109 cm³/mol. The average Bonchev–Trinajstić information content (AvgIpc) is 3.03. The molecule has 1 fully saturated rings. The van der Waals surface area contributed by atoms with Gasteiger partial charge in [0.2, 0.25) is 0 Å². The van der Waals surface area contributed by atoms with Gasteiger partial charge in [-0.15, -0.1) is 0 Å². The molecule has 2 heterocycles. The van der Waals surface area contributed by atoms with Crippen molar-refractivity contribution in [2.45, 2.75) is 76.4 Å². The molecular formula is C18H30N2O4S2. The number of aliphatic hydroxyl groups is 1.